The molecule has 1 N–H and O–H groups in total. The summed E-state index contributed by atoms with van der Waals surface area (Å²) < 4.78 is 5.54. The number of nitrogens with zero attached hydrogens (tertiary/aromatic N) is 1. The lowest BCUT2D eigenvalue weighted by Gasteiger charge is -2.18. The van der Waals surface area contributed by atoms with Crippen LogP contribution in [0.3, 0.4) is 0 Å². The van der Waals surface area contributed by atoms with E-state index in [0.717, 1.165) is 30.6 Å². The monoisotopic (exact) mass is 235 g/mol. The minimum absolute atomic E-state index is 0.379. The van der Waals surface area contributed by atoms with Crippen molar-refractivity contribution in [1.82, 2.24) is 4.98 Å². The van der Waals surface area contributed by atoms with Gasteiger partial charge in [-0.1, -0.05) is 19.8 Å². The molecule has 0 bridgehead atoms. The van der Waals surface area contributed by atoms with Crippen molar-refractivity contribution in [2.45, 2.75) is 45.1 Å². The van der Waals surface area contributed by atoms with Gasteiger partial charge >= 0.3 is 0 Å². The summed E-state index contributed by atoms with van der Waals surface area (Å²) >= 11 is 0. The molecule has 0 saturated heterocycles. The first-order chi connectivity index (χ1) is 8.31. The zero-order valence-electron chi connectivity index (χ0n) is 10.4. The molecule has 1 aromatic heterocycles. The van der Waals surface area contributed by atoms with Crippen LogP contribution in [0.15, 0.2) is 18.5 Å². The van der Waals surface area contributed by atoms with Gasteiger partial charge in [0.2, 0.25) is 0 Å². The van der Waals surface area contributed by atoms with Crippen molar-refractivity contribution in [1.29, 1.82) is 0 Å². The Hall–Kier alpha value is -1.09. The molecule has 1 saturated carbocycles. The van der Waals surface area contributed by atoms with Crippen LogP contribution in [0.25, 0.3) is 0 Å². The molecule has 1 aliphatic rings. The Morgan fingerprint density at radius 3 is 2.88 bits per heavy atom. The maximum atomic E-state index is 10.3. The highest BCUT2D eigenvalue weighted by molar-refractivity contribution is 5.25. The molecule has 1 unspecified atom stereocenters. The van der Waals surface area contributed by atoms with Crippen LogP contribution in [0.2, 0.25) is 0 Å². The average molecular weight is 235 g/mol. The van der Waals surface area contributed by atoms with Crippen molar-refractivity contribution in [2.24, 2.45) is 5.92 Å². The molecule has 0 spiro atoms. The third kappa shape index (κ3) is 3.19. The van der Waals surface area contributed by atoms with Gasteiger partial charge in [0.05, 0.1) is 18.9 Å². The van der Waals surface area contributed by atoms with Crippen LogP contribution < -0.4 is 4.74 Å². The van der Waals surface area contributed by atoms with Gasteiger partial charge in [0.1, 0.15) is 5.75 Å². The van der Waals surface area contributed by atoms with Gasteiger partial charge in [0.25, 0.3) is 0 Å². The number of rotatable bonds is 5. The standard InChI is InChI=1S/C14H21NO2/c1-2-7-17-13-8-12(9-15-10-13)14(16)11-5-3-4-6-11/h8-11,14,16H,2-7H2,1H3. The quantitative estimate of drug-likeness (QED) is 0.852. The van der Waals surface area contributed by atoms with E-state index in [4.69, 9.17) is 4.74 Å². The van der Waals surface area contributed by atoms with Gasteiger partial charge < -0.3 is 9.84 Å². The molecule has 2 rings (SSSR count). The van der Waals surface area contributed by atoms with Crippen LogP contribution in [0.5, 0.6) is 5.75 Å². The third-order valence-electron chi connectivity index (χ3n) is 3.40. The fourth-order valence-corrected chi connectivity index (χ4v) is 2.44. The summed E-state index contributed by atoms with van der Waals surface area (Å²) in [5, 5.41) is 10.3. The van der Waals surface area contributed by atoms with Gasteiger partial charge in [-0.05, 0) is 31.2 Å². The van der Waals surface area contributed by atoms with Crippen molar-refractivity contribution in [2.75, 3.05) is 6.61 Å². The number of aromatic nitrogens is 1. The highest BCUT2D eigenvalue weighted by atomic mass is 16.5. The first-order valence-corrected chi connectivity index (χ1v) is 6.57. The first kappa shape index (κ1) is 12.4. The molecule has 1 heterocycles. The van der Waals surface area contributed by atoms with E-state index in [1.165, 1.54) is 12.8 Å². The molecular formula is C14H21NO2. The Morgan fingerprint density at radius 2 is 2.18 bits per heavy atom. The van der Waals surface area contributed by atoms with Crippen LogP contribution in [0.4, 0.5) is 0 Å². The van der Waals surface area contributed by atoms with E-state index in [-0.39, 0.29) is 6.10 Å². The Labute approximate surface area is 103 Å². The molecule has 3 nitrogen and oxygen atoms in total. The second kappa shape index (κ2) is 6.01. The number of ether oxygens (including phenoxy) is 1. The van der Waals surface area contributed by atoms with E-state index in [9.17, 15) is 5.11 Å². The van der Waals surface area contributed by atoms with Crippen molar-refractivity contribution in [3.05, 3.63) is 24.0 Å². The lowest BCUT2D eigenvalue weighted by molar-refractivity contribution is 0.111. The Balaban J connectivity index is 2.03. The smallest absolute Gasteiger partial charge is 0.137 e. The van der Waals surface area contributed by atoms with Crippen molar-refractivity contribution in [3.63, 3.8) is 0 Å². The predicted octanol–water partition coefficient (Wildman–Crippen LogP) is 3.09. The normalized spacial score (nSPS) is 18.2. The minimum Gasteiger partial charge on any atom is -0.492 e. The van der Waals surface area contributed by atoms with Gasteiger partial charge in [-0.25, -0.2) is 0 Å². The highest BCUT2D eigenvalue weighted by Gasteiger charge is 2.24. The van der Waals surface area contributed by atoms with Gasteiger partial charge in [0.15, 0.2) is 0 Å². The molecule has 1 fully saturated rings. The summed E-state index contributed by atoms with van der Waals surface area (Å²) in [7, 11) is 0. The Kier molecular flexibility index (Phi) is 4.37. The summed E-state index contributed by atoms with van der Waals surface area (Å²) in [6.07, 6.45) is 8.79. The topological polar surface area (TPSA) is 42.4 Å². The summed E-state index contributed by atoms with van der Waals surface area (Å²) in [5.41, 5.74) is 0.894. The molecule has 1 aliphatic carbocycles. The van der Waals surface area contributed by atoms with Gasteiger partial charge in [-0.2, -0.15) is 0 Å². The van der Waals surface area contributed by atoms with Gasteiger partial charge in [0, 0.05) is 11.8 Å². The van der Waals surface area contributed by atoms with Gasteiger partial charge in [-0.3, -0.25) is 4.98 Å². The maximum Gasteiger partial charge on any atom is 0.137 e. The highest BCUT2D eigenvalue weighted by Crippen LogP contribution is 2.35. The fourth-order valence-electron chi connectivity index (χ4n) is 2.44. The number of pyridine rings is 1. The first-order valence-electron chi connectivity index (χ1n) is 6.57. The molecule has 0 amide bonds. The molecule has 0 aromatic carbocycles. The molecule has 0 aliphatic heterocycles. The lowest BCUT2D eigenvalue weighted by atomic mass is 9.95. The SMILES string of the molecule is CCCOc1cncc(C(O)C2CCCC2)c1. The zero-order valence-corrected chi connectivity index (χ0v) is 10.4. The second-order valence-corrected chi connectivity index (χ2v) is 4.79. The van der Waals surface area contributed by atoms with E-state index in [1.54, 1.807) is 12.4 Å². The predicted molar refractivity (Wildman–Crippen MR) is 66.9 cm³/mol. The third-order valence-corrected chi connectivity index (χ3v) is 3.40. The molecule has 94 valence electrons. The number of hydrogen-bond donors (Lipinski definition) is 1. The van der Waals surface area contributed by atoms with Crippen LogP contribution >= 0.6 is 0 Å². The summed E-state index contributed by atoms with van der Waals surface area (Å²) in [4.78, 5) is 4.15. The lowest BCUT2D eigenvalue weighted by Crippen LogP contribution is -2.09. The summed E-state index contributed by atoms with van der Waals surface area (Å²) in [6, 6.07) is 1.92. The van der Waals surface area contributed by atoms with E-state index in [1.807, 2.05) is 6.07 Å². The Morgan fingerprint density at radius 1 is 1.41 bits per heavy atom. The minimum atomic E-state index is -0.379. The van der Waals surface area contributed by atoms with Crippen LogP contribution in [0, 0.1) is 5.92 Å². The molecule has 0 radical (unpaired) electrons. The number of hydrogen-bond acceptors (Lipinski definition) is 3. The number of aliphatic hydroxyl groups is 1. The van der Waals surface area contributed by atoms with E-state index >= 15 is 0 Å². The van der Waals surface area contributed by atoms with Crippen LogP contribution in [-0.4, -0.2) is 16.7 Å². The van der Waals surface area contributed by atoms with Crippen molar-refractivity contribution >= 4 is 0 Å². The fraction of sp³-hybridized carbons (Fsp3) is 0.643. The van der Waals surface area contributed by atoms with Gasteiger partial charge in [-0.15, -0.1) is 0 Å². The molecule has 1 atom stereocenters. The molecule has 17 heavy (non-hydrogen) atoms. The molecule has 1 aromatic rings. The van der Waals surface area contributed by atoms with E-state index < -0.39 is 0 Å². The maximum absolute atomic E-state index is 10.3. The van der Waals surface area contributed by atoms with Crippen LogP contribution in [0.1, 0.15) is 50.7 Å². The Bertz CT molecular complexity index is 348. The van der Waals surface area contributed by atoms with E-state index in [2.05, 4.69) is 11.9 Å². The zero-order chi connectivity index (χ0) is 12.1. The van der Waals surface area contributed by atoms with Crippen molar-refractivity contribution < 1.29 is 9.84 Å². The van der Waals surface area contributed by atoms with Crippen LogP contribution in [-0.2, 0) is 0 Å². The summed E-state index contributed by atoms with van der Waals surface area (Å²) in [6.45, 7) is 2.77. The summed E-state index contributed by atoms with van der Waals surface area (Å²) in [5.74, 6) is 1.17. The number of aliphatic hydroxyl groups excluding tert-OH is 1. The van der Waals surface area contributed by atoms with E-state index in [0.29, 0.717) is 12.5 Å². The average Bonchev–Trinajstić information content (AvgIpc) is 2.89. The molecule has 3 heteroatoms. The second-order valence-electron chi connectivity index (χ2n) is 4.79. The molecular weight excluding hydrogens is 214 g/mol. The van der Waals surface area contributed by atoms with Crippen molar-refractivity contribution in [3.8, 4) is 5.75 Å². The largest absolute Gasteiger partial charge is 0.492 e.